The number of benzene rings is 1. The fourth-order valence-corrected chi connectivity index (χ4v) is 2.56. The number of fused-ring (bicyclic) bond motifs is 1. The molecule has 5 nitrogen and oxygen atoms in total. The van der Waals surface area contributed by atoms with E-state index in [4.69, 9.17) is 17.3 Å². The van der Waals surface area contributed by atoms with Gasteiger partial charge in [-0.3, -0.25) is 9.69 Å². The second-order valence-corrected chi connectivity index (χ2v) is 4.94. The first kappa shape index (κ1) is 13.4. The maximum absolute atomic E-state index is 12.6. The molecule has 0 fully saturated rings. The number of carbonyl (C=O) groups is 2. The van der Waals surface area contributed by atoms with Gasteiger partial charge in [0.25, 0.3) is 0 Å². The number of carbonyl (C=O) groups excluding carboxylic acids is 1. The van der Waals surface area contributed by atoms with Crippen molar-refractivity contribution in [3.05, 3.63) is 54.1 Å². The van der Waals surface area contributed by atoms with Crippen molar-refractivity contribution in [2.24, 2.45) is 10.9 Å². The van der Waals surface area contributed by atoms with Crippen molar-refractivity contribution in [3.8, 4) is 0 Å². The number of hydrogen-bond acceptors (Lipinski definition) is 3. The molecule has 0 spiro atoms. The quantitative estimate of drug-likeness (QED) is 0.850. The van der Waals surface area contributed by atoms with Gasteiger partial charge in [-0.25, -0.2) is 9.79 Å². The minimum atomic E-state index is -1.06. The number of amides is 1. The van der Waals surface area contributed by atoms with E-state index in [9.17, 15) is 9.59 Å². The fourth-order valence-electron chi connectivity index (χ4n) is 2.26. The van der Waals surface area contributed by atoms with Crippen molar-refractivity contribution < 1.29 is 14.7 Å². The monoisotopic (exact) mass is 298 g/mol. The average molecular weight is 298 g/mol. The summed E-state index contributed by atoms with van der Waals surface area (Å²) in [4.78, 5) is 29.2. The third kappa shape index (κ3) is 2.30. The highest BCUT2D eigenvalue weighted by Gasteiger charge is 2.34. The molecule has 1 aliphatic heterocycles. The van der Waals surface area contributed by atoms with Crippen LogP contribution in [0.2, 0.25) is 0 Å². The molecule has 1 atom stereocenters. The van der Waals surface area contributed by atoms with E-state index in [-0.39, 0.29) is 16.6 Å². The van der Waals surface area contributed by atoms with Crippen LogP contribution in [0, 0.1) is 5.92 Å². The van der Waals surface area contributed by atoms with E-state index < -0.39 is 11.9 Å². The largest absolute Gasteiger partial charge is 0.478 e. The van der Waals surface area contributed by atoms with Gasteiger partial charge in [0.1, 0.15) is 0 Å². The third-order valence-corrected chi connectivity index (χ3v) is 3.53. The van der Waals surface area contributed by atoms with Crippen LogP contribution in [0.1, 0.15) is 10.4 Å². The van der Waals surface area contributed by atoms with Gasteiger partial charge in [-0.1, -0.05) is 24.3 Å². The number of aromatic carboxylic acids is 1. The molecule has 0 saturated heterocycles. The van der Waals surface area contributed by atoms with Gasteiger partial charge in [0.2, 0.25) is 11.0 Å². The summed E-state index contributed by atoms with van der Waals surface area (Å²) in [6.45, 7) is 0. The topological polar surface area (TPSA) is 70.0 Å². The Kier molecular flexibility index (Phi) is 3.23. The van der Waals surface area contributed by atoms with Gasteiger partial charge >= 0.3 is 5.97 Å². The summed E-state index contributed by atoms with van der Waals surface area (Å²) >= 11 is 5.18. The summed E-state index contributed by atoms with van der Waals surface area (Å²) in [5.74, 6) is -1.76. The van der Waals surface area contributed by atoms with Crippen LogP contribution in [0.15, 0.2) is 53.6 Å². The first-order valence-electron chi connectivity index (χ1n) is 6.22. The normalized spacial score (nSPS) is 20.3. The molecule has 104 valence electrons. The van der Waals surface area contributed by atoms with Crippen molar-refractivity contribution in [3.63, 3.8) is 0 Å². The second-order valence-electron chi connectivity index (χ2n) is 4.57. The molecular formula is C15H10N2O3S. The standard InChI is InChI=1S/C15H10N2O3S/c18-13-11-6-1-2-7-12(11)16-15(21)17(13)10-5-3-4-9(8-10)14(19)20/h1-8,11H,(H,19,20). The Labute approximate surface area is 125 Å². The maximum atomic E-state index is 12.6. The number of nitrogens with zero attached hydrogens (tertiary/aromatic N) is 2. The zero-order chi connectivity index (χ0) is 15.0. The maximum Gasteiger partial charge on any atom is 0.335 e. The Morgan fingerprint density at radius 3 is 2.90 bits per heavy atom. The van der Waals surface area contributed by atoms with E-state index in [0.29, 0.717) is 11.4 Å². The average Bonchev–Trinajstić information content (AvgIpc) is 2.47. The summed E-state index contributed by atoms with van der Waals surface area (Å²) in [5, 5.41) is 9.16. The number of rotatable bonds is 2. The van der Waals surface area contributed by atoms with E-state index in [1.54, 1.807) is 36.4 Å². The highest BCUT2D eigenvalue weighted by atomic mass is 32.1. The molecule has 1 unspecified atom stereocenters. The van der Waals surface area contributed by atoms with Gasteiger partial charge in [-0.15, -0.1) is 0 Å². The number of thiocarbonyl (C=S) groups is 1. The Morgan fingerprint density at radius 2 is 2.14 bits per heavy atom. The zero-order valence-electron chi connectivity index (χ0n) is 10.8. The fraction of sp³-hybridized carbons (Fsp3) is 0.0667. The van der Waals surface area contributed by atoms with Gasteiger partial charge in [-0.2, -0.15) is 0 Å². The lowest BCUT2D eigenvalue weighted by Gasteiger charge is -2.30. The van der Waals surface area contributed by atoms with Crippen LogP contribution in [-0.4, -0.2) is 27.8 Å². The van der Waals surface area contributed by atoms with Gasteiger partial charge in [0.05, 0.1) is 22.9 Å². The van der Waals surface area contributed by atoms with Gasteiger partial charge in [-0.05, 0) is 36.5 Å². The molecule has 0 radical (unpaired) electrons. The smallest absolute Gasteiger partial charge is 0.335 e. The van der Waals surface area contributed by atoms with Crippen molar-refractivity contribution in [2.75, 3.05) is 4.90 Å². The summed E-state index contributed by atoms with van der Waals surface area (Å²) in [5.41, 5.74) is 1.12. The summed E-state index contributed by atoms with van der Waals surface area (Å²) in [6.07, 6.45) is 7.07. The minimum absolute atomic E-state index is 0.0944. The summed E-state index contributed by atoms with van der Waals surface area (Å²) in [6, 6.07) is 6.08. The number of hydrogen-bond donors (Lipinski definition) is 1. The van der Waals surface area contributed by atoms with Crippen LogP contribution in [0.5, 0.6) is 0 Å². The van der Waals surface area contributed by atoms with E-state index in [1.807, 2.05) is 0 Å². The highest BCUT2D eigenvalue weighted by Crippen LogP contribution is 2.26. The van der Waals surface area contributed by atoms with Crippen LogP contribution >= 0.6 is 12.2 Å². The van der Waals surface area contributed by atoms with Crippen LogP contribution < -0.4 is 4.90 Å². The molecule has 0 bridgehead atoms. The Bertz CT molecular complexity index is 749. The minimum Gasteiger partial charge on any atom is -0.478 e. The van der Waals surface area contributed by atoms with E-state index >= 15 is 0 Å². The summed E-state index contributed by atoms with van der Waals surface area (Å²) in [7, 11) is 0. The first-order chi connectivity index (χ1) is 10.1. The Morgan fingerprint density at radius 1 is 1.33 bits per heavy atom. The second kappa shape index (κ2) is 5.06. The van der Waals surface area contributed by atoms with Crippen LogP contribution in [0.4, 0.5) is 5.69 Å². The molecule has 1 amide bonds. The lowest BCUT2D eigenvalue weighted by Crippen LogP contribution is -2.46. The predicted octanol–water partition coefficient (Wildman–Crippen LogP) is 2.20. The molecule has 1 aromatic rings. The van der Waals surface area contributed by atoms with Crippen molar-refractivity contribution >= 4 is 40.6 Å². The lowest BCUT2D eigenvalue weighted by molar-refractivity contribution is -0.118. The molecule has 2 aliphatic rings. The molecule has 1 heterocycles. The first-order valence-corrected chi connectivity index (χ1v) is 6.63. The third-order valence-electron chi connectivity index (χ3n) is 3.25. The SMILES string of the molecule is O=C(O)c1cccc(N2C(=O)C3C=CC=CC3=NC2=S)c1. The zero-order valence-corrected chi connectivity index (χ0v) is 11.6. The number of anilines is 1. The Balaban J connectivity index is 2.05. The van der Waals surface area contributed by atoms with Crippen LogP contribution in [-0.2, 0) is 4.79 Å². The molecule has 21 heavy (non-hydrogen) atoms. The van der Waals surface area contributed by atoms with Crippen molar-refractivity contribution in [1.29, 1.82) is 0 Å². The van der Waals surface area contributed by atoms with Gasteiger partial charge < -0.3 is 5.11 Å². The molecule has 0 saturated carbocycles. The molecule has 1 aliphatic carbocycles. The van der Waals surface area contributed by atoms with Crippen molar-refractivity contribution in [2.45, 2.75) is 0 Å². The van der Waals surface area contributed by atoms with Gasteiger partial charge in [0.15, 0.2) is 0 Å². The lowest BCUT2D eigenvalue weighted by atomic mass is 9.95. The highest BCUT2D eigenvalue weighted by molar-refractivity contribution is 7.80. The molecule has 3 rings (SSSR count). The van der Waals surface area contributed by atoms with Gasteiger partial charge in [0, 0.05) is 0 Å². The van der Waals surface area contributed by atoms with Crippen LogP contribution in [0.3, 0.4) is 0 Å². The molecule has 0 aromatic heterocycles. The summed E-state index contributed by atoms with van der Waals surface area (Å²) < 4.78 is 0. The van der Waals surface area contributed by atoms with Crippen molar-refractivity contribution in [1.82, 2.24) is 0 Å². The molecule has 6 heteroatoms. The number of carboxylic acid groups (broad SMARTS) is 1. The molecular weight excluding hydrogens is 288 g/mol. The predicted molar refractivity (Wildman–Crippen MR) is 82.7 cm³/mol. The van der Waals surface area contributed by atoms with E-state index in [0.717, 1.165) is 0 Å². The van der Waals surface area contributed by atoms with Crippen LogP contribution in [0.25, 0.3) is 0 Å². The number of aliphatic imine (C=N–C) groups is 1. The molecule has 1 N–H and O–H groups in total. The van der Waals surface area contributed by atoms with E-state index in [2.05, 4.69) is 4.99 Å². The molecule has 1 aromatic carbocycles. The number of allylic oxidation sites excluding steroid dienone is 3. The van der Waals surface area contributed by atoms with E-state index in [1.165, 1.54) is 17.0 Å². The number of carboxylic acids is 1. The Hall–Kier alpha value is -2.60.